The van der Waals surface area contributed by atoms with E-state index in [0.29, 0.717) is 5.92 Å². The zero-order valence-electron chi connectivity index (χ0n) is 12.9. The lowest BCUT2D eigenvalue weighted by molar-refractivity contribution is 0.275. The van der Waals surface area contributed by atoms with Crippen LogP contribution in [0.1, 0.15) is 32.2 Å². The van der Waals surface area contributed by atoms with Crippen LogP contribution in [-0.4, -0.2) is 40.5 Å². The van der Waals surface area contributed by atoms with Gasteiger partial charge in [0.1, 0.15) is 0 Å². The second-order valence-corrected chi connectivity index (χ2v) is 7.61. The molecule has 0 spiro atoms. The van der Waals surface area contributed by atoms with Crippen molar-refractivity contribution >= 4 is 11.8 Å². The third kappa shape index (κ3) is 5.43. The SMILES string of the molecule is CC(C)CNCc1cccc(CN2CCSC(C)C2)n1. The summed E-state index contributed by atoms with van der Waals surface area (Å²) in [5, 5.41) is 4.21. The highest BCUT2D eigenvalue weighted by Crippen LogP contribution is 2.19. The van der Waals surface area contributed by atoms with E-state index < -0.39 is 0 Å². The van der Waals surface area contributed by atoms with Crippen LogP contribution in [0.4, 0.5) is 0 Å². The monoisotopic (exact) mass is 293 g/mol. The molecule has 1 unspecified atom stereocenters. The Balaban J connectivity index is 1.85. The Labute approximate surface area is 127 Å². The van der Waals surface area contributed by atoms with Crippen molar-refractivity contribution in [3.8, 4) is 0 Å². The minimum absolute atomic E-state index is 0.686. The summed E-state index contributed by atoms with van der Waals surface area (Å²) in [5.74, 6) is 1.93. The third-order valence-corrected chi connectivity index (χ3v) is 4.57. The van der Waals surface area contributed by atoms with E-state index in [4.69, 9.17) is 4.98 Å². The van der Waals surface area contributed by atoms with E-state index in [1.165, 1.54) is 24.5 Å². The zero-order chi connectivity index (χ0) is 14.4. The summed E-state index contributed by atoms with van der Waals surface area (Å²) in [5.41, 5.74) is 2.36. The van der Waals surface area contributed by atoms with Crippen molar-refractivity contribution in [3.05, 3.63) is 29.6 Å². The molecule has 1 fully saturated rings. The Hall–Kier alpha value is -0.580. The molecule has 0 saturated carbocycles. The van der Waals surface area contributed by atoms with Crippen molar-refractivity contribution in [1.29, 1.82) is 0 Å². The molecule has 2 heterocycles. The van der Waals surface area contributed by atoms with Crippen LogP contribution in [0.3, 0.4) is 0 Å². The van der Waals surface area contributed by atoms with Crippen LogP contribution in [0.15, 0.2) is 18.2 Å². The van der Waals surface area contributed by atoms with Gasteiger partial charge >= 0.3 is 0 Å². The number of thioether (sulfide) groups is 1. The molecule has 112 valence electrons. The normalized spacial score (nSPS) is 20.5. The second kappa shape index (κ2) is 8.01. The number of hydrogen-bond acceptors (Lipinski definition) is 4. The predicted octanol–water partition coefficient (Wildman–Crippen LogP) is 2.76. The molecule has 0 bridgehead atoms. The Morgan fingerprint density at radius 3 is 2.95 bits per heavy atom. The molecular weight excluding hydrogens is 266 g/mol. The van der Waals surface area contributed by atoms with Crippen LogP contribution < -0.4 is 5.32 Å². The van der Waals surface area contributed by atoms with Gasteiger partial charge < -0.3 is 5.32 Å². The Kier molecular flexibility index (Phi) is 6.33. The quantitative estimate of drug-likeness (QED) is 0.873. The maximum absolute atomic E-state index is 4.78. The van der Waals surface area contributed by atoms with E-state index >= 15 is 0 Å². The van der Waals surface area contributed by atoms with E-state index in [-0.39, 0.29) is 0 Å². The van der Waals surface area contributed by atoms with Gasteiger partial charge in [0.05, 0.1) is 11.4 Å². The lowest BCUT2D eigenvalue weighted by Crippen LogP contribution is -2.36. The molecule has 20 heavy (non-hydrogen) atoms. The van der Waals surface area contributed by atoms with Crippen molar-refractivity contribution in [2.45, 2.75) is 39.1 Å². The first-order valence-electron chi connectivity index (χ1n) is 7.63. The zero-order valence-corrected chi connectivity index (χ0v) is 13.7. The summed E-state index contributed by atoms with van der Waals surface area (Å²) < 4.78 is 0. The Morgan fingerprint density at radius 1 is 1.40 bits per heavy atom. The van der Waals surface area contributed by atoms with Crippen LogP contribution in [0.5, 0.6) is 0 Å². The van der Waals surface area contributed by atoms with Gasteiger partial charge in [0.2, 0.25) is 0 Å². The Bertz CT molecular complexity index is 408. The average Bonchev–Trinajstić information content (AvgIpc) is 2.39. The standard InChI is InChI=1S/C16H27N3S/c1-13(2)9-17-10-15-5-4-6-16(18-15)12-19-7-8-20-14(3)11-19/h4-6,13-14,17H,7-12H2,1-3H3. The molecule has 0 aromatic carbocycles. The van der Waals surface area contributed by atoms with Gasteiger partial charge in [-0.25, -0.2) is 0 Å². The van der Waals surface area contributed by atoms with Gasteiger partial charge in [0.25, 0.3) is 0 Å². The molecule has 0 radical (unpaired) electrons. The largest absolute Gasteiger partial charge is 0.311 e. The number of pyridine rings is 1. The van der Waals surface area contributed by atoms with E-state index in [0.717, 1.165) is 30.6 Å². The van der Waals surface area contributed by atoms with Gasteiger partial charge in [-0.15, -0.1) is 0 Å². The first kappa shape index (κ1) is 15.8. The molecule has 1 aliphatic heterocycles. The van der Waals surface area contributed by atoms with Gasteiger partial charge in [-0.1, -0.05) is 26.8 Å². The fourth-order valence-corrected chi connectivity index (χ4v) is 3.55. The van der Waals surface area contributed by atoms with Crippen LogP contribution >= 0.6 is 11.8 Å². The van der Waals surface area contributed by atoms with Gasteiger partial charge in [-0.2, -0.15) is 11.8 Å². The summed E-state index contributed by atoms with van der Waals surface area (Å²) >= 11 is 2.08. The highest BCUT2D eigenvalue weighted by atomic mass is 32.2. The van der Waals surface area contributed by atoms with Crippen molar-refractivity contribution in [2.24, 2.45) is 5.92 Å². The summed E-state index contributed by atoms with van der Waals surface area (Å²) in [6.45, 7) is 12.1. The highest BCUT2D eigenvalue weighted by Gasteiger charge is 2.17. The minimum atomic E-state index is 0.686. The third-order valence-electron chi connectivity index (χ3n) is 3.43. The fraction of sp³-hybridized carbons (Fsp3) is 0.688. The van der Waals surface area contributed by atoms with Gasteiger partial charge in [0, 0.05) is 37.2 Å². The van der Waals surface area contributed by atoms with Crippen molar-refractivity contribution in [1.82, 2.24) is 15.2 Å². The molecule has 0 amide bonds. The lowest BCUT2D eigenvalue weighted by Gasteiger charge is -2.30. The molecule has 2 rings (SSSR count). The molecule has 0 aliphatic carbocycles. The molecule has 1 N–H and O–H groups in total. The summed E-state index contributed by atoms with van der Waals surface area (Å²) in [6.07, 6.45) is 0. The van der Waals surface area contributed by atoms with E-state index in [9.17, 15) is 0 Å². The van der Waals surface area contributed by atoms with Gasteiger partial charge in [-0.05, 0) is 24.6 Å². The number of aromatic nitrogens is 1. The van der Waals surface area contributed by atoms with Crippen molar-refractivity contribution in [2.75, 3.05) is 25.4 Å². The van der Waals surface area contributed by atoms with Crippen molar-refractivity contribution in [3.63, 3.8) is 0 Å². The van der Waals surface area contributed by atoms with E-state index in [2.05, 4.69) is 60.9 Å². The Morgan fingerprint density at radius 2 is 2.20 bits per heavy atom. The van der Waals surface area contributed by atoms with E-state index in [1.807, 2.05) is 0 Å². The maximum Gasteiger partial charge on any atom is 0.0547 e. The molecule has 1 aromatic heterocycles. The molecule has 1 aromatic rings. The molecular formula is C16H27N3S. The van der Waals surface area contributed by atoms with Crippen LogP contribution in [0.2, 0.25) is 0 Å². The van der Waals surface area contributed by atoms with Crippen LogP contribution in [-0.2, 0) is 13.1 Å². The molecule has 3 nitrogen and oxygen atoms in total. The minimum Gasteiger partial charge on any atom is -0.311 e. The topological polar surface area (TPSA) is 28.2 Å². The fourth-order valence-electron chi connectivity index (χ4n) is 2.47. The van der Waals surface area contributed by atoms with E-state index in [1.54, 1.807) is 0 Å². The number of nitrogens with one attached hydrogen (secondary N) is 1. The molecule has 4 heteroatoms. The number of rotatable bonds is 6. The number of nitrogens with zero attached hydrogens (tertiary/aromatic N) is 2. The van der Waals surface area contributed by atoms with Gasteiger partial charge in [-0.3, -0.25) is 9.88 Å². The van der Waals surface area contributed by atoms with Crippen LogP contribution in [0, 0.1) is 5.92 Å². The summed E-state index contributed by atoms with van der Waals surface area (Å²) in [4.78, 5) is 7.30. The van der Waals surface area contributed by atoms with Crippen LogP contribution in [0.25, 0.3) is 0 Å². The maximum atomic E-state index is 4.78. The average molecular weight is 293 g/mol. The molecule has 1 aliphatic rings. The predicted molar refractivity (Wildman–Crippen MR) is 88.0 cm³/mol. The lowest BCUT2D eigenvalue weighted by atomic mass is 10.2. The first-order chi connectivity index (χ1) is 9.63. The van der Waals surface area contributed by atoms with Gasteiger partial charge in [0.15, 0.2) is 0 Å². The summed E-state index contributed by atoms with van der Waals surface area (Å²) in [7, 11) is 0. The number of hydrogen-bond donors (Lipinski definition) is 1. The summed E-state index contributed by atoms with van der Waals surface area (Å²) in [6, 6.07) is 6.40. The smallest absolute Gasteiger partial charge is 0.0547 e. The van der Waals surface area contributed by atoms with Crippen molar-refractivity contribution < 1.29 is 0 Å². The molecule has 1 saturated heterocycles. The first-order valence-corrected chi connectivity index (χ1v) is 8.68. The molecule has 1 atom stereocenters. The highest BCUT2D eigenvalue weighted by molar-refractivity contribution is 7.99. The second-order valence-electron chi connectivity index (χ2n) is 6.06.